The lowest BCUT2D eigenvalue weighted by Gasteiger charge is -2.27. The zero-order chi connectivity index (χ0) is 17.2. The van der Waals surface area contributed by atoms with Crippen LogP contribution in [0.3, 0.4) is 0 Å². The van der Waals surface area contributed by atoms with Gasteiger partial charge < -0.3 is 4.90 Å². The van der Waals surface area contributed by atoms with Gasteiger partial charge in [0.1, 0.15) is 16.5 Å². The molecule has 3 rings (SSSR count). The number of para-hydroxylation sites is 1. The Morgan fingerprint density at radius 2 is 1.88 bits per heavy atom. The number of rotatable bonds is 5. The van der Waals surface area contributed by atoms with Crippen LogP contribution in [0, 0.1) is 11.6 Å². The Morgan fingerprint density at radius 1 is 1.12 bits per heavy atom. The van der Waals surface area contributed by atoms with Gasteiger partial charge in [0.05, 0.1) is 0 Å². The minimum absolute atomic E-state index is 0.00526. The Kier molecular flexibility index (Phi) is 4.82. The van der Waals surface area contributed by atoms with Crippen LogP contribution in [-0.4, -0.2) is 27.5 Å². The predicted molar refractivity (Wildman–Crippen MR) is 88.4 cm³/mol. The monoisotopic (exact) mass is 352 g/mol. The first kappa shape index (κ1) is 16.9. The van der Waals surface area contributed by atoms with Crippen molar-refractivity contribution < 1.29 is 17.2 Å². The first-order valence-corrected chi connectivity index (χ1v) is 9.22. The van der Waals surface area contributed by atoms with Crippen molar-refractivity contribution in [3.63, 3.8) is 0 Å². The molecule has 2 aromatic carbocycles. The first-order valence-electron chi connectivity index (χ1n) is 7.74. The second-order valence-corrected chi connectivity index (χ2v) is 7.49. The number of halogens is 2. The van der Waals surface area contributed by atoms with E-state index in [9.17, 15) is 17.2 Å². The van der Waals surface area contributed by atoms with Crippen molar-refractivity contribution in [2.45, 2.75) is 23.8 Å². The Labute approximate surface area is 140 Å². The van der Waals surface area contributed by atoms with E-state index in [0.717, 1.165) is 37.2 Å². The molecule has 0 spiro atoms. The summed E-state index contributed by atoms with van der Waals surface area (Å²) in [5, 5.41) is 0. The van der Waals surface area contributed by atoms with Gasteiger partial charge in [0.15, 0.2) is 0 Å². The third-order valence-corrected chi connectivity index (χ3v) is 5.61. The summed E-state index contributed by atoms with van der Waals surface area (Å²) in [6, 6.07) is 12.2. The molecule has 1 aliphatic rings. The fourth-order valence-corrected chi connectivity index (χ4v) is 4.11. The number of hydrogen-bond acceptors (Lipinski definition) is 3. The Bertz CT molecular complexity index is 813. The van der Waals surface area contributed by atoms with Gasteiger partial charge in [-0.3, -0.25) is 0 Å². The Hall–Kier alpha value is -1.99. The highest BCUT2D eigenvalue weighted by atomic mass is 32.2. The number of hydrogen-bond donors (Lipinski definition) is 1. The van der Waals surface area contributed by atoms with E-state index in [2.05, 4.69) is 9.62 Å². The molecule has 0 aromatic heterocycles. The Morgan fingerprint density at radius 3 is 2.58 bits per heavy atom. The average Bonchev–Trinajstić information content (AvgIpc) is 3.02. The zero-order valence-corrected chi connectivity index (χ0v) is 13.8. The van der Waals surface area contributed by atoms with E-state index in [0.29, 0.717) is 6.07 Å². The van der Waals surface area contributed by atoms with E-state index in [1.54, 1.807) is 0 Å². The number of benzene rings is 2. The predicted octanol–water partition coefficient (Wildman–Crippen LogP) is 2.91. The van der Waals surface area contributed by atoms with Crippen molar-refractivity contribution in [1.29, 1.82) is 0 Å². The molecule has 1 aliphatic heterocycles. The van der Waals surface area contributed by atoms with Crippen LogP contribution in [0.25, 0.3) is 0 Å². The molecule has 1 heterocycles. The van der Waals surface area contributed by atoms with Gasteiger partial charge in [-0.15, -0.1) is 0 Å². The minimum Gasteiger partial charge on any atom is -0.367 e. The van der Waals surface area contributed by atoms with Crippen molar-refractivity contribution in [3.05, 3.63) is 60.2 Å². The van der Waals surface area contributed by atoms with Gasteiger partial charge in [0.2, 0.25) is 10.0 Å². The van der Waals surface area contributed by atoms with Gasteiger partial charge >= 0.3 is 0 Å². The van der Waals surface area contributed by atoms with Gasteiger partial charge in [-0.2, -0.15) is 0 Å². The standard InChI is InChI=1S/C17H18F2N2O2S/c18-13-8-9-17(16(19)11-13)24(22,23)20-12-15-7-4-10-21(15)14-5-2-1-3-6-14/h1-3,5-6,8-9,11,15,20H,4,7,10,12H2. The summed E-state index contributed by atoms with van der Waals surface area (Å²) in [7, 11) is -4.02. The molecule has 0 aliphatic carbocycles. The normalized spacial score (nSPS) is 18.1. The lowest BCUT2D eigenvalue weighted by atomic mass is 10.2. The summed E-state index contributed by atoms with van der Waals surface area (Å²) < 4.78 is 53.7. The zero-order valence-electron chi connectivity index (χ0n) is 13.0. The van der Waals surface area contributed by atoms with Crippen molar-refractivity contribution in [3.8, 4) is 0 Å². The second-order valence-electron chi connectivity index (χ2n) is 5.75. The number of nitrogens with one attached hydrogen (secondary N) is 1. The van der Waals surface area contributed by atoms with Crippen molar-refractivity contribution in [2.24, 2.45) is 0 Å². The molecular formula is C17H18F2N2O2S. The molecule has 1 atom stereocenters. The van der Waals surface area contributed by atoms with Crippen molar-refractivity contribution in [2.75, 3.05) is 18.0 Å². The second kappa shape index (κ2) is 6.86. The van der Waals surface area contributed by atoms with Crippen molar-refractivity contribution in [1.82, 2.24) is 4.72 Å². The van der Waals surface area contributed by atoms with Crippen LogP contribution in [0.5, 0.6) is 0 Å². The van der Waals surface area contributed by atoms with E-state index in [1.807, 2.05) is 30.3 Å². The topological polar surface area (TPSA) is 49.4 Å². The highest BCUT2D eigenvalue weighted by Crippen LogP contribution is 2.25. The molecule has 1 N–H and O–H groups in total. The largest absolute Gasteiger partial charge is 0.367 e. The quantitative estimate of drug-likeness (QED) is 0.900. The van der Waals surface area contributed by atoms with Gasteiger partial charge in [-0.05, 0) is 37.1 Å². The third-order valence-electron chi connectivity index (χ3n) is 4.16. The molecule has 0 amide bonds. The molecule has 4 nitrogen and oxygen atoms in total. The van der Waals surface area contributed by atoms with Crippen LogP contribution >= 0.6 is 0 Å². The third kappa shape index (κ3) is 3.57. The maximum atomic E-state index is 13.7. The smallest absolute Gasteiger partial charge is 0.243 e. The number of nitrogens with zero attached hydrogens (tertiary/aromatic N) is 1. The average molecular weight is 352 g/mol. The summed E-state index contributed by atoms with van der Waals surface area (Å²) >= 11 is 0. The molecule has 0 bridgehead atoms. The summed E-state index contributed by atoms with van der Waals surface area (Å²) in [5.74, 6) is -1.90. The molecular weight excluding hydrogens is 334 g/mol. The summed E-state index contributed by atoms with van der Waals surface area (Å²) in [5.41, 5.74) is 1.03. The maximum absolute atomic E-state index is 13.7. The molecule has 0 saturated carbocycles. The molecule has 1 saturated heterocycles. The lowest BCUT2D eigenvalue weighted by Crippen LogP contribution is -2.40. The molecule has 1 unspecified atom stereocenters. The molecule has 7 heteroatoms. The van der Waals surface area contributed by atoms with Crippen molar-refractivity contribution >= 4 is 15.7 Å². The highest BCUT2D eigenvalue weighted by molar-refractivity contribution is 7.89. The fourth-order valence-electron chi connectivity index (χ4n) is 2.98. The van der Waals surface area contributed by atoms with E-state index < -0.39 is 26.6 Å². The molecule has 2 aromatic rings. The SMILES string of the molecule is O=S(=O)(NCC1CCCN1c1ccccc1)c1ccc(F)cc1F. The fraction of sp³-hybridized carbons (Fsp3) is 0.294. The van der Waals surface area contributed by atoms with Crippen LogP contribution in [0.4, 0.5) is 14.5 Å². The van der Waals surface area contributed by atoms with Crippen LogP contribution < -0.4 is 9.62 Å². The number of anilines is 1. The van der Waals surface area contributed by atoms with Gasteiger partial charge in [-0.1, -0.05) is 18.2 Å². The van der Waals surface area contributed by atoms with Crippen LogP contribution in [-0.2, 0) is 10.0 Å². The molecule has 24 heavy (non-hydrogen) atoms. The van der Waals surface area contributed by atoms with Gasteiger partial charge in [0.25, 0.3) is 0 Å². The Balaban J connectivity index is 1.72. The first-order chi connectivity index (χ1) is 11.5. The van der Waals surface area contributed by atoms with Gasteiger partial charge in [0, 0.05) is 30.9 Å². The van der Waals surface area contributed by atoms with Crippen LogP contribution in [0.2, 0.25) is 0 Å². The van der Waals surface area contributed by atoms with E-state index in [1.165, 1.54) is 0 Å². The van der Waals surface area contributed by atoms with E-state index in [4.69, 9.17) is 0 Å². The minimum atomic E-state index is -4.02. The summed E-state index contributed by atoms with van der Waals surface area (Å²) in [6.45, 7) is 1.02. The highest BCUT2D eigenvalue weighted by Gasteiger charge is 2.27. The maximum Gasteiger partial charge on any atom is 0.243 e. The van der Waals surface area contributed by atoms with Crippen LogP contribution in [0.15, 0.2) is 53.4 Å². The van der Waals surface area contributed by atoms with E-state index in [-0.39, 0.29) is 12.6 Å². The van der Waals surface area contributed by atoms with Gasteiger partial charge in [-0.25, -0.2) is 21.9 Å². The molecule has 128 valence electrons. The van der Waals surface area contributed by atoms with Crippen LogP contribution in [0.1, 0.15) is 12.8 Å². The lowest BCUT2D eigenvalue weighted by molar-refractivity contribution is 0.538. The summed E-state index contributed by atoms with van der Waals surface area (Å²) in [4.78, 5) is 1.61. The summed E-state index contributed by atoms with van der Waals surface area (Å²) in [6.07, 6.45) is 1.81. The van der Waals surface area contributed by atoms with E-state index >= 15 is 0 Å². The molecule has 0 radical (unpaired) electrons. The number of sulfonamides is 1. The molecule has 1 fully saturated rings.